The summed E-state index contributed by atoms with van der Waals surface area (Å²) in [4.78, 5) is 4.79. The topological polar surface area (TPSA) is 61.9 Å². The molecule has 33 heavy (non-hydrogen) atoms. The Morgan fingerprint density at radius 2 is 0.667 bits per heavy atom. The van der Waals surface area contributed by atoms with Gasteiger partial charge in [0.05, 0.1) is 0 Å². The van der Waals surface area contributed by atoms with Crippen molar-refractivity contribution in [3.8, 4) is 0 Å². The van der Waals surface area contributed by atoms with E-state index in [2.05, 4.69) is 23.9 Å². The van der Waals surface area contributed by atoms with E-state index in [0.29, 0.717) is 39.6 Å². The van der Waals surface area contributed by atoms with Crippen LogP contribution in [0.3, 0.4) is 0 Å². The minimum atomic E-state index is -2.52. The molecule has 0 fully saturated rings. The first kappa shape index (κ1) is 33.1. The fourth-order valence-corrected chi connectivity index (χ4v) is 9.15. The maximum atomic E-state index is 5.96. The highest BCUT2D eigenvalue weighted by molar-refractivity contribution is 6.61. The lowest BCUT2D eigenvalue weighted by atomic mass is 10.3. The summed E-state index contributed by atoms with van der Waals surface area (Å²) in [6.45, 7) is 20.1. The van der Waals surface area contributed by atoms with E-state index < -0.39 is 17.6 Å². The third kappa shape index (κ3) is 15.0. The maximum absolute atomic E-state index is 5.96. The van der Waals surface area contributed by atoms with Gasteiger partial charge in [-0.1, -0.05) is 0 Å². The summed E-state index contributed by atoms with van der Waals surface area (Å²) in [5.41, 5.74) is 0. The lowest BCUT2D eigenvalue weighted by molar-refractivity contribution is 0.0695. The molecular weight excluding hydrogens is 456 g/mol. The lowest BCUT2D eigenvalue weighted by Crippen LogP contribution is -2.46. The molecule has 0 aliphatic rings. The molecule has 0 aromatic heterocycles. The van der Waals surface area contributed by atoms with Gasteiger partial charge >= 0.3 is 17.6 Å². The zero-order valence-electron chi connectivity index (χ0n) is 23.0. The summed E-state index contributed by atoms with van der Waals surface area (Å²) in [6, 6.07) is 1.75. The van der Waals surface area contributed by atoms with Crippen LogP contribution in [0.2, 0.25) is 12.1 Å². The Balaban J connectivity index is 4.26. The molecule has 0 aromatic rings. The molecule has 8 nitrogen and oxygen atoms in total. The minimum Gasteiger partial charge on any atom is -0.374 e. The fourth-order valence-electron chi connectivity index (χ4n) is 3.97. The van der Waals surface area contributed by atoms with Crippen LogP contribution in [0.15, 0.2) is 0 Å². The van der Waals surface area contributed by atoms with Crippen molar-refractivity contribution in [2.75, 3.05) is 79.9 Å². The SMILES string of the molecule is CCO[Si](CCCN(C)CCCN(C)CCC[Si](OCC)(OCC)OCC)(OCC)OCC. The van der Waals surface area contributed by atoms with Crippen molar-refractivity contribution in [3.63, 3.8) is 0 Å². The molecule has 0 saturated carbocycles. The third-order valence-corrected chi connectivity index (χ3v) is 11.6. The Labute approximate surface area is 206 Å². The second kappa shape index (κ2) is 20.3. The molecule has 0 saturated heterocycles. The van der Waals surface area contributed by atoms with Gasteiger partial charge in [-0.25, -0.2) is 0 Å². The first-order valence-electron chi connectivity index (χ1n) is 13.1. The Hall–Kier alpha value is 0.114. The van der Waals surface area contributed by atoms with E-state index in [-0.39, 0.29) is 0 Å². The Bertz CT molecular complexity index is 379. The first-order chi connectivity index (χ1) is 15.9. The van der Waals surface area contributed by atoms with E-state index in [1.165, 1.54) is 0 Å². The van der Waals surface area contributed by atoms with Crippen LogP contribution in [0.4, 0.5) is 0 Å². The minimum absolute atomic E-state index is 0.637. The molecule has 0 radical (unpaired) electrons. The van der Waals surface area contributed by atoms with Gasteiger partial charge in [0, 0.05) is 51.7 Å². The Kier molecular flexibility index (Phi) is 20.4. The zero-order chi connectivity index (χ0) is 25.0. The van der Waals surface area contributed by atoms with Crippen LogP contribution >= 0.6 is 0 Å². The molecule has 0 unspecified atom stereocenters. The van der Waals surface area contributed by atoms with Crippen LogP contribution in [-0.4, -0.2) is 107 Å². The summed E-state index contributed by atoms with van der Waals surface area (Å²) < 4.78 is 35.7. The van der Waals surface area contributed by atoms with E-state index in [1.807, 2.05) is 41.5 Å². The van der Waals surface area contributed by atoms with Crippen molar-refractivity contribution in [3.05, 3.63) is 0 Å². The van der Waals surface area contributed by atoms with Gasteiger partial charge in [-0.15, -0.1) is 0 Å². The molecule has 0 atom stereocenters. The molecular formula is C23H54N2O6Si2. The molecule has 0 heterocycles. The van der Waals surface area contributed by atoms with Crippen LogP contribution in [0.5, 0.6) is 0 Å². The van der Waals surface area contributed by atoms with Gasteiger partial charge in [0.1, 0.15) is 0 Å². The fraction of sp³-hybridized carbons (Fsp3) is 1.00. The standard InChI is InChI=1S/C23H54N2O6Si2/c1-9-26-32(27-10-2,28-11-3)22-16-20-24(7)18-15-19-25(8)21-17-23-33(29-12-4,30-13-5)31-14-6/h9-23H2,1-8H3. The molecule has 0 spiro atoms. The van der Waals surface area contributed by atoms with E-state index in [0.717, 1.165) is 57.5 Å². The zero-order valence-corrected chi connectivity index (χ0v) is 25.0. The van der Waals surface area contributed by atoms with Gasteiger partial charge in [-0.3, -0.25) is 0 Å². The number of nitrogens with zero attached hydrogens (tertiary/aromatic N) is 2. The molecule has 0 amide bonds. The van der Waals surface area contributed by atoms with Crippen molar-refractivity contribution < 1.29 is 26.6 Å². The van der Waals surface area contributed by atoms with Crippen molar-refractivity contribution >= 4 is 17.6 Å². The normalized spacial score (nSPS) is 12.9. The molecule has 0 N–H and O–H groups in total. The average molecular weight is 511 g/mol. The van der Waals surface area contributed by atoms with Crippen LogP contribution < -0.4 is 0 Å². The summed E-state index contributed by atoms with van der Waals surface area (Å²) >= 11 is 0. The van der Waals surface area contributed by atoms with Crippen LogP contribution in [-0.2, 0) is 26.6 Å². The second-order valence-corrected chi connectivity index (χ2v) is 13.6. The van der Waals surface area contributed by atoms with Crippen molar-refractivity contribution in [1.82, 2.24) is 9.80 Å². The monoisotopic (exact) mass is 510 g/mol. The molecule has 0 aromatic carbocycles. The van der Waals surface area contributed by atoms with Crippen LogP contribution in [0.25, 0.3) is 0 Å². The van der Waals surface area contributed by atoms with Gasteiger partial charge in [0.2, 0.25) is 0 Å². The van der Waals surface area contributed by atoms with E-state index in [4.69, 9.17) is 26.6 Å². The molecule has 10 heteroatoms. The average Bonchev–Trinajstić information content (AvgIpc) is 2.75. The third-order valence-electron chi connectivity index (χ3n) is 5.31. The van der Waals surface area contributed by atoms with Crippen LogP contribution in [0.1, 0.15) is 60.8 Å². The summed E-state index contributed by atoms with van der Waals surface area (Å²) in [5.74, 6) is 0. The van der Waals surface area contributed by atoms with Gasteiger partial charge < -0.3 is 36.4 Å². The second-order valence-electron chi connectivity index (χ2n) is 8.13. The molecule has 0 rings (SSSR count). The summed E-state index contributed by atoms with van der Waals surface area (Å²) in [6.07, 6.45) is 3.19. The van der Waals surface area contributed by atoms with Crippen molar-refractivity contribution in [2.24, 2.45) is 0 Å². The van der Waals surface area contributed by atoms with E-state index in [9.17, 15) is 0 Å². The van der Waals surface area contributed by atoms with E-state index in [1.54, 1.807) is 0 Å². The van der Waals surface area contributed by atoms with Crippen LogP contribution in [0, 0.1) is 0 Å². The molecule has 0 aliphatic carbocycles. The molecule has 200 valence electrons. The molecule has 0 aliphatic heterocycles. The Morgan fingerprint density at radius 3 is 0.909 bits per heavy atom. The number of hydrogen-bond acceptors (Lipinski definition) is 8. The van der Waals surface area contributed by atoms with E-state index >= 15 is 0 Å². The van der Waals surface area contributed by atoms with Crippen molar-refractivity contribution in [2.45, 2.75) is 72.9 Å². The summed E-state index contributed by atoms with van der Waals surface area (Å²) in [5, 5.41) is 0. The molecule has 0 bridgehead atoms. The maximum Gasteiger partial charge on any atom is 0.500 e. The number of hydrogen-bond donors (Lipinski definition) is 0. The van der Waals surface area contributed by atoms with Gasteiger partial charge in [-0.05, 0) is 101 Å². The number of rotatable bonds is 24. The smallest absolute Gasteiger partial charge is 0.374 e. The highest BCUT2D eigenvalue weighted by Gasteiger charge is 2.40. The predicted octanol–water partition coefficient (Wildman–Crippen LogP) is 4.12. The summed E-state index contributed by atoms with van der Waals surface area (Å²) in [7, 11) is -0.661. The predicted molar refractivity (Wildman–Crippen MR) is 140 cm³/mol. The Morgan fingerprint density at radius 1 is 0.424 bits per heavy atom. The highest BCUT2D eigenvalue weighted by atomic mass is 28.4. The first-order valence-corrected chi connectivity index (χ1v) is 16.9. The lowest BCUT2D eigenvalue weighted by Gasteiger charge is -2.29. The van der Waals surface area contributed by atoms with Gasteiger partial charge in [0.15, 0.2) is 0 Å². The largest absolute Gasteiger partial charge is 0.500 e. The van der Waals surface area contributed by atoms with Crippen molar-refractivity contribution in [1.29, 1.82) is 0 Å². The van der Waals surface area contributed by atoms with Gasteiger partial charge in [0.25, 0.3) is 0 Å². The van der Waals surface area contributed by atoms with Gasteiger partial charge in [-0.2, -0.15) is 0 Å². The highest BCUT2D eigenvalue weighted by Crippen LogP contribution is 2.19. The quantitative estimate of drug-likeness (QED) is 0.180.